The van der Waals surface area contributed by atoms with Gasteiger partial charge in [-0.25, -0.2) is 0 Å². The standard InChI is InChI=1S/C24H18F3N3O2/c25-24(26,27)19-13-11-18(12-14-19)22(31)28-20(15-16-7-3-1-4-8-16)23-29-21(30-32-23)17-9-5-2-6-10-17/h1-14,20H,15H2,(H,28,31)/t20-/m0/s1. The number of amides is 1. The lowest BCUT2D eigenvalue weighted by atomic mass is 10.0. The van der Waals surface area contributed by atoms with Gasteiger partial charge < -0.3 is 9.84 Å². The van der Waals surface area contributed by atoms with Crippen molar-refractivity contribution in [1.29, 1.82) is 0 Å². The average molecular weight is 437 g/mol. The second kappa shape index (κ2) is 9.05. The summed E-state index contributed by atoms with van der Waals surface area (Å²) in [7, 11) is 0. The van der Waals surface area contributed by atoms with Crippen molar-refractivity contribution < 1.29 is 22.5 Å². The third-order valence-corrected chi connectivity index (χ3v) is 4.83. The number of alkyl halides is 3. The maximum absolute atomic E-state index is 12.8. The molecule has 0 aliphatic heterocycles. The van der Waals surface area contributed by atoms with Crippen LogP contribution in [0.15, 0.2) is 89.5 Å². The first-order valence-electron chi connectivity index (χ1n) is 9.81. The van der Waals surface area contributed by atoms with Gasteiger partial charge in [0, 0.05) is 17.5 Å². The van der Waals surface area contributed by atoms with Gasteiger partial charge in [0.05, 0.1) is 5.56 Å². The normalized spacial score (nSPS) is 12.3. The second-order valence-corrected chi connectivity index (χ2v) is 7.11. The summed E-state index contributed by atoms with van der Waals surface area (Å²) in [6.07, 6.45) is -4.11. The van der Waals surface area contributed by atoms with Gasteiger partial charge in [0.15, 0.2) is 0 Å². The summed E-state index contributed by atoms with van der Waals surface area (Å²) >= 11 is 0. The van der Waals surface area contributed by atoms with Crippen molar-refractivity contribution in [3.63, 3.8) is 0 Å². The number of aromatic nitrogens is 2. The van der Waals surface area contributed by atoms with E-state index in [1.54, 1.807) is 0 Å². The van der Waals surface area contributed by atoms with Crippen LogP contribution in [0.25, 0.3) is 11.4 Å². The number of benzene rings is 3. The molecule has 4 aromatic rings. The van der Waals surface area contributed by atoms with E-state index in [2.05, 4.69) is 15.5 Å². The predicted octanol–water partition coefficient (Wildman–Crippen LogP) is 5.47. The number of carbonyl (C=O) groups is 1. The summed E-state index contributed by atoms with van der Waals surface area (Å²) < 4.78 is 43.9. The summed E-state index contributed by atoms with van der Waals surface area (Å²) in [5.74, 6) is 0.0366. The number of rotatable bonds is 6. The monoisotopic (exact) mass is 437 g/mol. The average Bonchev–Trinajstić information content (AvgIpc) is 3.30. The molecule has 5 nitrogen and oxygen atoms in total. The van der Waals surface area contributed by atoms with Crippen LogP contribution >= 0.6 is 0 Å². The molecule has 8 heteroatoms. The van der Waals surface area contributed by atoms with Crippen molar-refractivity contribution in [3.8, 4) is 11.4 Å². The Morgan fingerprint density at radius 1 is 0.906 bits per heavy atom. The highest BCUT2D eigenvalue weighted by Gasteiger charge is 2.30. The summed E-state index contributed by atoms with van der Waals surface area (Å²) in [4.78, 5) is 17.2. The fourth-order valence-electron chi connectivity index (χ4n) is 3.18. The number of halogens is 3. The van der Waals surface area contributed by atoms with E-state index in [9.17, 15) is 18.0 Å². The van der Waals surface area contributed by atoms with E-state index in [1.165, 1.54) is 0 Å². The Hall–Kier alpha value is -3.94. The van der Waals surface area contributed by atoms with Crippen molar-refractivity contribution in [3.05, 3.63) is 108 Å². The molecule has 1 N–H and O–H groups in total. The molecule has 4 rings (SSSR count). The molecule has 1 heterocycles. The second-order valence-electron chi connectivity index (χ2n) is 7.11. The van der Waals surface area contributed by atoms with Gasteiger partial charge in [0.1, 0.15) is 6.04 Å². The zero-order chi connectivity index (χ0) is 22.6. The third-order valence-electron chi connectivity index (χ3n) is 4.83. The topological polar surface area (TPSA) is 68.0 Å². The van der Waals surface area contributed by atoms with E-state index in [-0.39, 0.29) is 11.5 Å². The van der Waals surface area contributed by atoms with Crippen LogP contribution in [0.1, 0.15) is 33.4 Å². The van der Waals surface area contributed by atoms with E-state index in [0.717, 1.165) is 35.4 Å². The van der Waals surface area contributed by atoms with Gasteiger partial charge in [0.25, 0.3) is 5.91 Å². The minimum absolute atomic E-state index is 0.0962. The molecule has 0 aliphatic rings. The molecule has 32 heavy (non-hydrogen) atoms. The Morgan fingerprint density at radius 2 is 1.53 bits per heavy atom. The SMILES string of the molecule is O=C(N[C@@H](Cc1ccccc1)c1nc(-c2ccccc2)no1)c1ccc(C(F)(F)F)cc1. The molecular formula is C24H18F3N3O2. The highest BCUT2D eigenvalue weighted by atomic mass is 19.4. The quantitative estimate of drug-likeness (QED) is 0.434. The molecule has 0 spiro atoms. The molecule has 1 amide bonds. The molecule has 3 aromatic carbocycles. The van der Waals surface area contributed by atoms with Gasteiger partial charge in [-0.2, -0.15) is 18.2 Å². The molecule has 0 saturated heterocycles. The van der Waals surface area contributed by atoms with Crippen molar-refractivity contribution in [2.24, 2.45) is 0 Å². The minimum atomic E-state index is -4.47. The van der Waals surface area contributed by atoms with Crippen LogP contribution < -0.4 is 5.32 Å². The minimum Gasteiger partial charge on any atom is -0.340 e. The fourth-order valence-corrected chi connectivity index (χ4v) is 3.18. The summed E-state index contributed by atoms with van der Waals surface area (Å²) in [5.41, 5.74) is 0.956. The van der Waals surface area contributed by atoms with Gasteiger partial charge >= 0.3 is 6.18 Å². The van der Waals surface area contributed by atoms with Crippen molar-refractivity contribution >= 4 is 5.91 Å². The van der Waals surface area contributed by atoms with Gasteiger partial charge in [0.2, 0.25) is 11.7 Å². The highest BCUT2D eigenvalue weighted by molar-refractivity contribution is 5.94. The van der Waals surface area contributed by atoms with Crippen LogP contribution in [0, 0.1) is 0 Å². The molecule has 0 saturated carbocycles. The first kappa shape index (κ1) is 21.3. The maximum Gasteiger partial charge on any atom is 0.416 e. The van der Waals surface area contributed by atoms with Crippen molar-refractivity contribution in [2.45, 2.75) is 18.6 Å². The van der Waals surface area contributed by atoms with Gasteiger partial charge in [-0.1, -0.05) is 65.8 Å². The van der Waals surface area contributed by atoms with E-state index in [4.69, 9.17) is 4.52 Å². The van der Waals surface area contributed by atoms with Crippen LogP contribution in [-0.4, -0.2) is 16.0 Å². The maximum atomic E-state index is 12.8. The van der Waals surface area contributed by atoms with Crippen LogP contribution in [0.2, 0.25) is 0 Å². The molecule has 0 radical (unpaired) electrons. The lowest BCUT2D eigenvalue weighted by molar-refractivity contribution is -0.137. The largest absolute Gasteiger partial charge is 0.416 e. The van der Waals surface area contributed by atoms with Crippen LogP contribution in [0.4, 0.5) is 13.2 Å². The van der Waals surface area contributed by atoms with Crippen LogP contribution in [-0.2, 0) is 12.6 Å². The summed E-state index contributed by atoms with van der Waals surface area (Å²) in [5, 5.41) is 6.81. The predicted molar refractivity (Wildman–Crippen MR) is 112 cm³/mol. The Kier molecular flexibility index (Phi) is 6.02. The van der Waals surface area contributed by atoms with E-state index >= 15 is 0 Å². The number of hydrogen-bond donors (Lipinski definition) is 1. The molecule has 162 valence electrons. The first-order chi connectivity index (χ1) is 15.4. The van der Waals surface area contributed by atoms with Gasteiger partial charge in [-0.05, 0) is 29.8 Å². The van der Waals surface area contributed by atoms with E-state index in [0.29, 0.717) is 12.2 Å². The zero-order valence-electron chi connectivity index (χ0n) is 16.7. The Bertz CT molecular complexity index is 1170. The third kappa shape index (κ3) is 5.03. The number of hydrogen-bond acceptors (Lipinski definition) is 4. The van der Waals surface area contributed by atoms with Crippen LogP contribution in [0.5, 0.6) is 0 Å². The Balaban J connectivity index is 1.59. The summed E-state index contributed by atoms with van der Waals surface area (Å²) in [6, 6.07) is 22.0. The molecule has 0 aliphatic carbocycles. The highest BCUT2D eigenvalue weighted by Crippen LogP contribution is 2.29. The number of nitrogens with one attached hydrogen (secondary N) is 1. The molecular weight excluding hydrogens is 419 g/mol. The molecule has 0 fully saturated rings. The number of nitrogens with zero attached hydrogens (tertiary/aromatic N) is 2. The van der Waals surface area contributed by atoms with E-state index in [1.807, 2.05) is 60.7 Å². The van der Waals surface area contributed by atoms with Gasteiger partial charge in [-0.3, -0.25) is 4.79 Å². The fraction of sp³-hybridized carbons (Fsp3) is 0.125. The number of carbonyl (C=O) groups excluding carboxylic acids is 1. The lowest BCUT2D eigenvalue weighted by Gasteiger charge is -2.16. The van der Waals surface area contributed by atoms with Gasteiger partial charge in [-0.15, -0.1) is 0 Å². The zero-order valence-corrected chi connectivity index (χ0v) is 16.7. The van der Waals surface area contributed by atoms with Crippen LogP contribution in [0.3, 0.4) is 0 Å². The molecule has 0 bridgehead atoms. The Labute approximate surface area is 181 Å². The Morgan fingerprint density at radius 3 is 2.16 bits per heavy atom. The van der Waals surface area contributed by atoms with E-state index < -0.39 is 23.7 Å². The first-order valence-corrected chi connectivity index (χ1v) is 9.81. The molecule has 1 atom stereocenters. The molecule has 0 unspecified atom stereocenters. The molecule has 1 aromatic heterocycles. The lowest BCUT2D eigenvalue weighted by Crippen LogP contribution is -2.30. The van der Waals surface area contributed by atoms with Crippen molar-refractivity contribution in [1.82, 2.24) is 15.5 Å². The van der Waals surface area contributed by atoms with Crippen molar-refractivity contribution in [2.75, 3.05) is 0 Å². The smallest absolute Gasteiger partial charge is 0.340 e. The summed E-state index contributed by atoms with van der Waals surface area (Å²) in [6.45, 7) is 0.